The van der Waals surface area contributed by atoms with E-state index in [1.54, 1.807) is 0 Å². The van der Waals surface area contributed by atoms with Crippen molar-refractivity contribution in [1.82, 2.24) is 5.32 Å². The van der Waals surface area contributed by atoms with Gasteiger partial charge in [-0.05, 0) is 19.1 Å². The van der Waals surface area contributed by atoms with Crippen LogP contribution in [0.2, 0.25) is 0 Å². The van der Waals surface area contributed by atoms with Crippen molar-refractivity contribution in [3.05, 3.63) is 30.3 Å². The average Bonchev–Trinajstić information content (AvgIpc) is 2.47. The van der Waals surface area contributed by atoms with E-state index in [1.165, 1.54) is 10.6 Å². The number of imide groups is 1. The van der Waals surface area contributed by atoms with Gasteiger partial charge in [0.2, 0.25) is 0 Å². The van der Waals surface area contributed by atoms with Crippen LogP contribution in [0.5, 0.6) is 0 Å². The summed E-state index contributed by atoms with van der Waals surface area (Å²) in [5.74, 6) is -0.305. The predicted octanol–water partition coefficient (Wildman–Crippen LogP) is -1.03. The topological polar surface area (TPSA) is 79.9 Å². The number of hydrogen-bond acceptors (Lipinski definition) is 3. The zero-order chi connectivity index (χ0) is 14.5. The van der Waals surface area contributed by atoms with Crippen LogP contribution in [0.25, 0.3) is 0 Å². The number of carbonyl (C=O) groups is 2. The molecule has 1 saturated heterocycles. The molecule has 1 aliphatic rings. The molecule has 3 amide bonds. The molecule has 6 nitrogen and oxygen atoms in total. The number of para-hydroxylation sites is 1. The van der Waals surface area contributed by atoms with Crippen molar-refractivity contribution >= 4 is 17.6 Å². The summed E-state index contributed by atoms with van der Waals surface area (Å²) in [7, 11) is 0. The van der Waals surface area contributed by atoms with E-state index < -0.39 is 6.03 Å². The number of hydrogen-bond donors (Lipinski definition) is 3. The first-order valence-electron chi connectivity index (χ1n) is 6.83. The number of carbonyl (C=O) groups excluding carboxylic acids is 2. The Kier molecular flexibility index (Phi) is 4.57. The van der Waals surface area contributed by atoms with E-state index in [2.05, 4.69) is 22.3 Å². The Morgan fingerprint density at radius 2 is 1.85 bits per heavy atom. The summed E-state index contributed by atoms with van der Waals surface area (Å²) in [5, 5.41) is 2.15. The second kappa shape index (κ2) is 6.38. The maximum atomic E-state index is 11.8. The highest BCUT2D eigenvalue weighted by Crippen LogP contribution is 2.12. The Hall–Kier alpha value is -2.08. The number of primary amides is 1. The highest BCUT2D eigenvalue weighted by atomic mass is 16.2. The van der Waals surface area contributed by atoms with Gasteiger partial charge in [0.1, 0.15) is 0 Å². The van der Waals surface area contributed by atoms with Crippen molar-refractivity contribution in [2.45, 2.75) is 13.0 Å². The quantitative estimate of drug-likeness (QED) is 0.661. The molecule has 6 heteroatoms. The van der Waals surface area contributed by atoms with Gasteiger partial charge in [0.05, 0.1) is 26.2 Å². The van der Waals surface area contributed by atoms with Crippen LogP contribution in [-0.4, -0.2) is 44.2 Å². The lowest BCUT2D eigenvalue weighted by atomic mass is 10.2. The Morgan fingerprint density at radius 3 is 2.40 bits per heavy atom. The molecule has 0 radical (unpaired) electrons. The first-order valence-corrected chi connectivity index (χ1v) is 6.83. The van der Waals surface area contributed by atoms with Crippen LogP contribution in [0.15, 0.2) is 30.3 Å². The number of nitrogens with one attached hydrogen (secondary N) is 2. The van der Waals surface area contributed by atoms with E-state index in [9.17, 15) is 9.59 Å². The molecule has 1 atom stereocenters. The van der Waals surface area contributed by atoms with E-state index >= 15 is 0 Å². The largest absolute Gasteiger partial charge is 0.360 e. The minimum atomic E-state index is -0.788. The standard InChI is InChI=1S/C14H20N4O2/c1-11(13(19)16-14(15)20)17-7-9-18(10-8-17)12-5-3-2-4-6-12/h2-6,11H,7-10H2,1H3,(H3,15,16,19,20)/p+1/t11-/m1/s1. The first-order chi connectivity index (χ1) is 9.58. The van der Waals surface area contributed by atoms with Gasteiger partial charge in [0.25, 0.3) is 5.91 Å². The number of benzene rings is 1. The Bertz CT molecular complexity index is 469. The normalized spacial score (nSPS) is 17.6. The molecule has 20 heavy (non-hydrogen) atoms. The number of rotatable bonds is 3. The molecule has 0 bridgehead atoms. The third-order valence-corrected chi connectivity index (χ3v) is 3.78. The molecule has 1 aromatic carbocycles. The SMILES string of the molecule is C[C@H](C(=O)NC(N)=O)[NH+]1CCN(c2ccccc2)CC1. The number of piperazine rings is 1. The van der Waals surface area contributed by atoms with E-state index in [4.69, 9.17) is 5.73 Å². The first kappa shape index (κ1) is 14.3. The molecular weight excluding hydrogens is 256 g/mol. The lowest BCUT2D eigenvalue weighted by molar-refractivity contribution is -0.914. The Morgan fingerprint density at radius 1 is 1.25 bits per heavy atom. The molecule has 108 valence electrons. The fraction of sp³-hybridized carbons (Fsp3) is 0.429. The van der Waals surface area contributed by atoms with Crippen LogP contribution < -0.4 is 20.9 Å². The van der Waals surface area contributed by atoms with Gasteiger partial charge in [0.15, 0.2) is 6.04 Å². The van der Waals surface area contributed by atoms with Crippen molar-refractivity contribution in [2.75, 3.05) is 31.1 Å². The number of nitrogens with zero attached hydrogens (tertiary/aromatic N) is 1. The van der Waals surface area contributed by atoms with E-state index in [-0.39, 0.29) is 11.9 Å². The summed E-state index contributed by atoms with van der Waals surface area (Å²) < 4.78 is 0. The van der Waals surface area contributed by atoms with E-state index in [1.807, 2.05) is 25.1 Å². The maximum absolute atomic E-state index is 11.8. The molecule has 0 saturated carbocycles. The van der Waals surface area contributed by atoms with Gasteiger partial charge in [-0.3, -0.25) is 10.1 Å². The highest BCUT2D eigenvalue weighted by Gasteiger charge is 2.29. The monoisotopic (exact) mass is 277 g/mol. The molecule has 2 rings (SSSR count). The summed E-state index contributed by atoms with van der Waals surface area (Å²) in [6.07, 6.45) is 0. The summed E-state index contributed by atoms with van der Waals surface area (Å²) in [4.78, 5) is 25.9. The number of anilines is 1. The van der Waals surface area contributed by atoms with Crippen molar-refractivity contribution in [3.63, 3.8) is 0 Å². The fourth-order valence-electron chi connectivity index (χ4n) is 2.54. The van der Waals surface area contributed by atoms with Crippen LogP contribution in [-0.2, 0) is 4.79 Å². The van der Waals surface area contributed by atoms with Gasteiger partial charge < -0.3 is 15.5 Å². The molecule has 0 spiro atoms. The fourth-order valence-corrected chi connectivity index (χ4v) is 2.54. The number of nitrogens with two attached hydrogens (primary N) is 1. The lowest BCUT2D eigenvalue weighted by Crippen LogP contribution is -3.19. The van der Waals surface area contributed by atoms with Gasteiger partial charge in [-0.1, -0.05) is 18.2 Å². The van der Waals surface area contributed by atoms with Gasteiger partial charge >= 0.3 is 6.03 Å². The summed E-state index contributed by atoms with van der Waals surface area (Å²) in [6, 6.07) is 9.18. The molecule has 1 fully saturated rings. The molecule has 4 N–H and O–H groups in total. The Balaban J connectivity index is 1.88. The van der Waals surface area contributed by atoms with Crippen LogP contribution >= 0.6 is 0 Å². The van der Waals surface area contributed by atoms with Crippen molar-refractivity contribution in [2.24, 2.45) is 5.73 Å². The van der Waals surface area contributed by atoms with Crippen LogP contribution in [0, 0.1) is 0 Å². The van der Waals surface area contributed by atoms with Crippen molar-refractivity contribution < 1.29 is 14.5 Å². The van der Waals surface area contributed by atoms with Gasteiger partial charge in [-0.2, -0.15) is 0 Å². The number of quaternary nitrogens is 1. The predicted molar refractivity (Wildman–Crippen MR) is 76.5 cm³/mol. The molecule has 0 aromatic heterocycles. The molecule has 0 aliphatic carbocycles. The van der Waals surface area contributed by atoms with Gasteiger partial charge in [-0.15, -0.1) is 0 Å². The van der Waals surface area contributed by atoms with E-state index in [0.717, 1.165) is 26.2 Å². The lowest BCUT2D eigenvalue weighted by Gasteiger charge is -2.35. The molecule has 0 unspecified atom stereocenters. The van der Waals surface area contributed by atoms with Crippen LogP contribution in [0.3, 0.4) is 0 Å². The van der Waals surface area contributed by atoms with Crippen molar-refractivity contribution in [1.29, 1.82) is 0 Å². The molecule has 1 aromatic rings. The smallest absolute Gasteiger partial charge is 0.319 e. The van der Waals surface area contributed by atoms with Crippen LogP contribution in [0.1, 0.15) is 6.92 Å². The van der Waals surface area contributed by atoms with Gasteiger partial charge in [-0.25, -0.2) is 4.79 Å². The zero-order valence-corrected chi connectivity index (χ0v) is 11.6. The molecule has 1 aliphatic heterocycles. The van der Waals surface area contributed by atoms with E-state index in [0.29, 0.717) is 0 Å². The third-order valence-electron chi connectivity index (χ3n) is 3.78. The number of urea groups is 1. The summed E-state index contributed by atoms with van der Waals surface area (Å²) in [6.45, 7) is 5.34. The number of amides is 3. The second-order valence-electron chi connectivity index (χ2n) is 5.06. The minimum Gasteiger partial charge on any atom is -0.360 e. The summed E-state index contributed by atoms with van der Waals surface area (Å²) >= 11 is 0. The van der Waals surface area contributed by atoms with Crippen LogP contribution in [0.4, 0.5) is 10.5 Å². The maximum Gasteiger partial charge on any atom is 0.319 e. The second-order valence-corrected chi connectivity index (χ2v) is 5.06. The third kappa shape index (κ3) is 3.48. The van der Waals surface area contributed by atoms with Crippen molar-refractivity contribution in [3.8, 4) is 0 Å². The Labute approximate surface area is 118 Å². The highest BCUT2D eigenvalue weighted by molar-refractivity contribution is 5.95. The molecule has 1 heterocycles. The average molecular weight is 277 g/mol. The zero-order valence-electron chi connectivity index (χ0n) is 11.6. The van der Waals surface area contributed by atoms with Gasteiger partial charge in [0, 0.05) is 5.69 Å². The molecular formula is C14H21N4O2+. The summed E-state index contributed by atoms with van der Waals surface area (Å²) in [5.41, 5.74) is 6.18. The minimum absolute atomic E-state index is 0.263.